The van der Waals surface area contributed by atoms with E-state index in [4.69, 9.17) is 23.2 Å². The van der Waals surface area contributed by atoms with Crippen molar-refractivity contribution in [3.05, 3.63) is 10.6 Å². The van der Waals surface area contributed by atoms with Crippen LogP contribution >= 0.6 is 23.2 Å². The summed E-state index contributed by atoms with van der Waals surface area (Å²) in [5.41, 5.74) is 0. The Kier molecular flexibility index (Phi) is 3.59. The predicted molar refractivity (Wildman–Crippen MR) is 60.5 cm³/mol. The van der Waals surface area contributed by atoms with Crippen LogP contribution in [0.2, 0.25) is 10.6 Å². The zero-order valence-corrected chi connectivity index (χ0v) is 9.80. The standard InChI is InChI=1S/C9H12Cl2N4/c10-7-12-8(11)14-9(13-7)15-5-3-1-2-4-6-15/h1-6H2. The zero-order chi connectivity index (χ0) is 10.7. The van der Waals surface area contributed by atoms with Crippen molar-refractivity contribution in [1.29, 1.82) is 0 Å². The number of hydrogen-bond donors (Lipinski definition) is 0. The average Bonchev–Trinajstić information content (AvgIpc) is 2.43. The summed E-state index contributed by atoms with van der Waals surface area (Å²) in [6, 6.07) is 0. The molecule has 0 radical (unpaired) electrons. The van der Waals surface area contributed by atoms with E-state index in [9.17, 15) is 0 Å². The highest BCUT2D eigenvalue weighted by atomic mass is 35.5. The van der Waals surface area contributed by atoms with Gasteiger partial charge in [-0.05, 0) is 36.0 Å². The van der Waals surface area contributed by atoms with Crippen LogP contribution in [0, 0.1) is 0 Å². The lowest BCUT2D eigenvalue weighted by atomic mass is 10.2. The lowest BCUT2D eigenvalue weighted by Crippen LogP contribution is -2.26. The molecule has 0 aliphatic carbocycles. The molecule has 82 valence electrons. The summed E-state index contributed by atoms with van der Waals surface area (Å²) in [6.07, 6.45) is 4.87. The van der Waals surface area contributed by atoms with Crippen molar-refractivity contribution in [1.82, 2.24) is 15.0 Å². The fourth-order valence-corrected chi connectivity index (χ4v) is 2.08. The molecule has 0 spiro atoms. The van der Waals surface area contributed by atoms with Crippen LogP contribution in [0.5, 0.6) is 0 Å². The number of rotatable bonds is 1. The molecule has 0 unspecified atom stereocenters. The van der Waals surface area contributed by atoms with Gasteiger partial charge in [-0.25, -0.2) is 0 Å². The second-order valence-electron chi connectivity index (χ2n) is 3.57. The minimum absolute atomic E-state index is 0.161. The Bertz CT molecular complexity index is 317. The molecule has 1 aromatic rings. The molecule has 0 aromatic carbocycles. The molecule has 1 aliphatic rings. The van der Waals surface area contributed by atoms with Crippen LogP contribution < -0.4 is 4.90 Å². The molecule has 0 N–H and O–H groups in total. The summed E-state index contributed by atoms with van der Waals surface area (Å²) in [7, 11) is 0. The van der Waals surface area contributed by atoms with Crippen LogP contribution in [0.1, 0.15) is 25.7 Å². The highest BCUT2D eigenvalue weighted by molar-refractivity contribution is 6.31. The van der Waals surface area contributed by atoms with E-state index in [0.29, 0.717) is 5.95 Å². The molecule has 1 saturated heterocycles. The molecule has 1 fully saturated rings. The van der Waals surface area contributed by atoms with Crippen molar-refractivity contribution < 1.29 is 0 Å². The van der Waals surface area contributed by atoms with Crippen LogP contribution in [0.25, 0.3) is 0 Å². The smallest absolute Gasteiger partial charge is 0.230 e. The largest absolute Gasteiger partial charge is 0.341 e. The maximum Gasteiger partial charge on any atom is 0.230 e. The van der Waals surface area contributed by atoms with Crippen molar-refractivity contribution in [3.8, 4) is 0 Å². The van der Waals surface area contributed by atoms with Crippen molar-refractivity contribution in [2.45, 2.75) is 25.7 Å². The van der Waals surface area contributed by atoms with E-state index in [1.807, 2.05) is 0 Å². The number of aromatic nitrogens is 3. The Balaban J connectivity index is 2.19. The van der Waals surface area contributed by atoms with E-state index in [0.717, 1.165) is 13.1 Å². The molecule has 2 rings (SSSR count). The Morgan fingerprint density at radius 3 is 1.87 bits per heavy atom. The van der Waals surface area contributed by atoms with Gasteiger partial charge in [0.15, 0.2) is 0 Å². The van der Waals surface area contributed by atoms with Crippen LogP contribution in [-0.4, -0.2) is 28.0 Å². The van der Waals surface area contributed by atoms with Crippen molar-refractivity contribution in [2.24, 2.45) is 0 Å². The molecule has 0 saturated carbocycles. The highest BCUT2D eigenvalue weighted by Crippen LogP contribution is 2.18. The summed E-state index contributed by atoms with van der Waals surface area (Å²) in [6.45, 7) is 1.94. The quantitative estimate of drug-likeness (QED) is 0.764. The summed E-state index contributed by atoms with van der Waals surface area (Å²) in [5, 5.41) is 0.323. The van der Waals surface area contributed by atoms with E-state index in [-0.39, 0.29) is 10.6 Å². The number of anilines is 1. The van der Waals surface area contributed by atoms with Gasteiger partial charge < -0.3 is 4.90 Å². The molecule has 0 atom stereocenters. The lowest BCUT2D eigenvalue weighted by Gasteiger charge is -2.19. The van der Waals surface area contributed by atoms with E-state index < -0.39 is 0 Å². The summed E-state index contributed by atoms with van der Waals surface area (Å²) in [5.74, 6) is 0.599. The monoisotopic (exact) mass is 246 g/mol. The SMILES string of the molecule is Clc1nc(Cl)nc(N2CCCCCC2)n1. The normalized spacial score (nSPS) is 17.6. The second-order valence-corrected chi connectivity index (χ2v) is 4.25. The number of nitrogens with zero attached hydrogens (tertiary/aromatic N) is 4. The molecular formula is C9H12Cl2N4. The second kappa shape index (κ2) is 4.94. The third kappa shape index (κ3) is 2.92. The summed E-state index contributed by atoms with van der Waals surface area (Å²) < 4.78 is 0. The molecule has 1 aliphatic heterocycles. The Hall–Kier alpha value is -0.610. The van der Waals surface area contributed by atoms with Gasteiger partial charge in [-0.3, -0.25) is 0 Å². The highest BCUT2D eigenvalue weighted by Gasteiger charge is 2.14. The van der Waals surface area contributed by atoms with Crippen LogP contribution in [0.3, 0.4) is 0 Å². The number of halogens is 2. The Labute approximate surface area is 98.6 Å². The van der Waals surface area contributed by atoms with E-state index >= 15 is 0 Å². The van der Waals surface area contributed by atoms with Gasteiger partial charge in [0.05, 0.1) is 0 Å². The van der Waals surface area contributed by atoms with Gasteiger partial charge in [-0.15, -0.1) is 0 Å². The third-order valence-corrected chi connectivity index (χ3v) is 2.80. The molecule has 6 heteroatoms. The predicted octanol–water partition coefficient (Wildman–Crippen LogP) is 2.56. The Morgan fingerprint density at radius 1 is 0.800 bits per heavy atom. The van der Waals surface area contributed by atoms with E-state index in [1.54, 1.807) is 0 Å². The maximum atomic E-state index is 5.74. The maximum absolute atomic E-state index is 5.74. The van der Waals surface area contributed by atoms with Crippen molar-refractivity contribution >= 4 is 29.2 Å². The van der Waals surface area contributed by atoms with Crippen LogP contribution in [0.4, 0.5) is 5.95 Å². The Morgan fingerprint density at radius 2 is 1.33 bits per heavy atom. The van der Waals surface area contributed by atoms with Crippen molar-refractivity contribution in [3.63, 3.8) is 0 Å². The number of hydrogen-bond acceptors (Lipinski definition) is 4. The van der Waals surface area contributed by atoms with Gasteiger partial charge in [0.25, 0.3) is 0 Å². The first-order valence-electron chi connectivity index (χ1n) is 5.08. The van der Waals surface area contributed by atoms with Gasteiger partial charge in [-0.1, -0.05) is 12.8 Å². The van der Waals surface area contributed by atoms with Gasteiger partial charge in [-0.2, -0.15) is 15.0 Å². The minimum atomic E-state index is 0.161. The molecule has 0 amide bonds. The summed E-state index contributed by atoms with van der Waals surface area (Å²) in [4.78, 5) is 14.0. The first-order chi connectivity index (χ1) is 7.25. The molecular weight excluding hydrogens is 235 g/mol. The average molecular weight is 247 g/mol. The minimum Gasteiger partial charge on any atom is -0.341 e. The van der Waals surface area contributed by atoms with Crippen LogP contribution in [0.15, 0.2) is 0 Å². The van der Waals surface area contributed by atoms with Gasteiger partial charge in [0.2, 0.25) is 16.5 Å². The fourth-order valence-electron chi connectivity index (χ4n) is 1.73. The van der Waals surface area contributed by atoms with Gasteiger partial charge in [0, 0.05) is 13.1 Å². The molecule has 0 bridgehead atoms. The topological polar surface area (TPSA) is 41.9 Å². The van der Waals surface area contributed by atoms with E-state index in [2.05, 4.69) is 19.9 Å². The first-order valence-corrected chi connectivity index (χ1v) is 5.83. The fraction of sp³-hybridized carbons (Fsp3) is 0.667. The van der Waals surface area contributed by atoms with E-state index in [1.165, 1.54) is 25.7 Å². The van der Waals surface area contributed by atoms with Crippen molar-refractivity contribution in [2.75, 3.05) is 18.0 Å². The molecule has 15 heavy (non-hydrogen) atoms. The lowest BCUT2D eigenvalue weighted by molar-refractivity contribution is 0.726. The zero-order valence-electron chi connectivity index (χ0n) is 8.29. The van der Waals surface area contributed by atoms with Crippen LogP contribution in [-0.2, 0) is 0 Å². The molecule has 4 nitrogen and oxygen atoms in total. The molecule has 1 aromatic heterocycles. The third-order valence-electron chi connectivity index (χ3n) is 2.46. The van der Waals surface area contributed by atoms with Gasteiger partial charge in [0.1, 0.15) is 0 Å². The van der Waals surface area contributed by atoms with Gasteiger partial charge >= 0.3 is 0 Å². The summed E-state index contributed by atoms with van der Waals surface area (Å²) >= 11 is 11.5. The molecule has 2 heterocycles. The first kappa shape index (κ1) is 10.9.